The molecule has 0 aliphatic carbocycles. The molecular weight excluding hydrogens is 374 g/mol. The van der Waals surface area contributed by atoms with Crippen molar-refractivity contribution >= 4 is 17.5 Å². The Balaban J connectivity index is 1.97. The van der Waals surface area contributed by atoms with Gasteiger partial charge in [0.15, 0.2) is 5.75 Å². The van der Waals surface area contributed by atoms with Crippen LogP contribution in [0.3, 0.4) is 0 Å². The van der Waals surface area contributed by atoms with Crippen molar-refractivity contribution in [3.63, 3.8) is 0 Å². The summed E-state index contributed by atoms with van der Waals surface area (Å²) in [4.78, 5) is 38.8. The number of hydrogen-bond donors (Lipinski definition) is 2. The number of carbonyl (C=O) groups is 2. The van der Waals surface area contributed by atoms with Crippen molar-refractivity contribution in [1.29, 1.82) is 0 Å². The van der Waals surface area contributed by atoms with E-state index in [1.54, 1.807) is 26.2 Å². The third-order valence-electron chi connectivity index (χ3n) is 4.45. The molecule has 2 N–H and O–H groups in total. The van der Waals surface area contributed by atoms with Gasteiger partial charge in [-0.1, -0.05) is 24.3 Å². The molecule has 2 amide bonds. The lowest BCUT2D eigenvalue weighted by molar-refractivity contribution is 0.0824. The van der Waals surface area contributed by atoms with Crippen molar-refractivity contribution in [2.75, 3.05) is 19.4 Å². The summed E-state index contributed by atoms with van der Waals surface area (Å²) in [5.74, 6) is -1.60. The number of anilines is 1. The van der Waals surface area contributed by atoms with Crippen LogP contribution in [0.2, 0.25) is 0 Å². The Morgan fingerprint density at radius 1 is 1.10 bits per heavy atom. The number of nitrogens with zero attached hydrogens (tertiary/aromatic N) is 4. The average Bonchev–Trinajstić information content (AvgIpc) is 2.98. The lowest BCUT2D eigenvalue weighted by atomic mass is 10.1. The Morgan fingerprint density at radius 2 is 1.79 bits per heavy atom. The number of aromatic hydroxyl groups is 1. The van der Waals surface area contributed by atoms with E-state index in [-0.39, 0.29) is 22.8 Å². The Kier molecular flexibility index (Phi) is 5.22. The van der Waals surface area contributed by atoms with Crippen LogP contribution in [0.5, 0.6) is 5.75 Å². The summed E-state index contributed by atoms with van der Waals surface area (Å²) in [6, 6.07) is 11.6. The van der Waals surface area contributed by atoms with E-state index in [1.165, 1.54) is 30.1 Å². The number of aryl methyl sites for hydroxylation is 1. The lowest BCUT2D eigenvalue weighted by Crippen LogP contribution is -2.24. The van der Waals surface area contributed by atoms with Gasteiger partial charge in [-0.05, 0) is 30.7 Å². The largest absolute Gasteiger partial charge is 0.505 e. The molecule has 0 spiro atoms. The smallest absolute Gasteiger partial charge is 0.350 e. The first-order valence-electron chi connectivity index (χ1n) is 8.79. The van der Waals surface area contributed by atoms with Crippen molar-refractivity contribution in [2.45, 2.75) is 6.92 Å². The molecule has 2 aromatic carbocycles. The lowest BCUT2D eigenvalue weighted by Gasteiger charge is -2.14. The van der Waals surface area contributed by atoms with Gasteiger partial charge in [0.1, 0.15) is 0 Å². The van der Waals surface area contributed by atoms with E-state index < -0.39 is 17.5 Å². The van der Waals surface area contributed by atoms with E-state index in [2.05, 4.69) is 10.4 Å². The molecule has 0 aliphatic rings. The molecule has 0 aliphatic heterocycles. The van der Waals surface area contributed by atoms with Crippen LogP contribution >= 0.6 is 0 Å². The minimum atomic E-state index is -0.693. The molecule has 0 bridgehead atoms. The van der Waals surface area contributed by atoms with Crippen LogP contribution in [0, 0.1) is 6.92 Å². The summed E-state index contributed by atoms with van der Waals surface area (Å²) in [6.07, 6.45) is 0. The zero-order chi connectivity index (χ0) is 21.3. The van der Waals surface area contributed by atoms with E-state index in [1.807, 2.05) is 19.1 Å². The van der Waals surface area contributed by atoms with Crippen LogP contribution in [0.1, 0.15) is 26.5 Å². The van der Waals surface area contributed by atoms with Gasteiger partial charge in [-0.25, -0.2) is 4.79 Å². The zero-order valence-electron chi connectivity index (χ0n) is 16.5. The van der Waals surface area contributed by atoms with Crippen molar-refractivity contribution < 1.29 is 14.7 Å². The highest BCUT2D eigenvalue weighted by Crippen LogP contribution is 2.28. The Labute approximate surface area is 166 Å². The SMILES string of the molecule is Cc1ccccc1-n1nc(C(=O)Nc2cccc(C(=O)N(C)C)c2O)n(C)c1=O. The van der Waals surface area contributed by atoms with E-state index in [0.29, 0.717) is 5.69 Å². The Hall–Kier alpha value is -3.88. The van der Waals surface area contributed by atoms with Crippen LogP contribution in [-0.2, 0) is 7.05 Å². The summed E-state index contributed by atoms with van der Waals surface area (Å²) in [7, 11) is 4.55. The van der Waals surface area contributed by atoms with Gasteiger partial charge in [0.25, 0.3) is 11.8 Å². The molecule has 0 unspecified atom stereocenters. The maximum Gasteiger partial charge on any atom is 0.350 e. The van der Waals surface area contributed by atoms with Gasteiger partial charge in [-0.3, -0.25) is 14.2 Å². The maximum absolute atomic E-state index is 12.7. The van der Waals surface area contributed by atoms with E-state index in [9.17, 15) is 19.5 Å². The van der Waals surface area contributed by atoms with E-state index in [0.717, 1.165) is 14.8 Å². The fraction of sp³-hybridized carbons (Fsp3) is 0.200. The summed E-state index contributed by atoms with van der Waals surface area (Å²) < 4.78 is 2.27. The number of amides is 2. The Bertz CT molecular complexity index is 1160. The first-order chi connectivity index (χ1) is 13.7. The highest BCUT2D eigenvalue weighted by Gasteiger charge is 2.22. The van der Waals surface area contributed by atoms with Gasteiger partial charge in [-0.15, -0.1) is 5.10 Å². The van der Waals surface area contributed by atoms with Gasteiger partial charge < -0.3 is 15.3 Å². The molecule has 9 heteroatoms. The van der Waals surface area contributed by atoms with Crippen LogP contribution < -0.4 is 11.0 Å². The van der Waals surface area contributed by atoms with Crippen LogP contribution in [-0.4, -0.2) is 50.3 Å². The second-order valence-corrected chi connectivity index (χ2v) is 6.72. The number of phenols is 1. The minimum Gasteiger partial charge on any atom is -0.505 e. The second-order valence-electron chi connectivity index (χ2n) is 6.72. The molecule has 1 aromatic heterocycles. The fourth-order valence-corrected chi connectivity index (χ4v) is 2.83. The number of para-hydroxylation sites is 2. The van der Waals surface area contributed by atoms with Gasteiger partial charge in [0, 0.05) is 21.1 Å². The molecule has 3 rings (SSSR count). The standard InChI is InChI=1S/C20H21N5O4/c1-12-8-5-6-11-15(12)25-20(29)24(4)17(22-25)18(27)21-14-10-7-9-13(16(14)26)19(28)23(2)3/h5-11,26H,1-4H3,(H,21,27). The zero-order valence-corrected chi connectivity index (χ0v) is 16.5. The van der Waals surface area contributed by atoms with Crippen molar-refractivity contribution in [2.24, 2.45) is 7.05 Å². The predicted octanol–water partition coefficient (Wildman–Crippen LogP) is 1.54. The quantitative estimate of drug-likeness (QED) is 0.651. The molecule has 0 atom stereocenters. The van der Waals surface area contributed by atoms with Crippen LogP contribution in [0.15, 0.2) is 47.3 Å². The second kappa shape index (κ2) is 7.63. The topological polar surface area (TPSA) is 109 Å². The third-order valence-corrected chi connectivity index (χ3v) is 4.45. The van der Waals surface area contributed by atoms with Crippen molar-refractivity contribution in [3.8, 4) is 11.4 Å². The van der Waals surface area contributed by atoms with Gasteiger partial charge >= 0.3 is 5.69 Å². The fourth-order valence-electron chi connectivity index (χ4n) is 2.83. The van der Waals surface area contributed by atoms with Gasteiger partial charge in [0.2, 0.25) is 5.82 Å². The molecule has 1 heterocycles. The predicted molar refractivity (Wildman–Crippen MR) is 108 cm³/mol. The summed E-state index contributed by atoms with van der Waals surface area (Å²) in [5, 5.41) is 17.1. The van der Waals surface area contributed by atoms with Gasteiger partial charge in [0.05, 0.1) is 16.9 Å². The monoisotopic (exact) mass is 395 g/mol. The number of carbonyl (C=O) groups excluding carboxylic acids is 2. The molecule has 0 saturated carbocycles. The number of benzene rings is 2. The molecule has 0 fully saturated rings. The summed E-state index contributed by atoms with van der Waals surface area (Å²) in [6.45, 7) is 1.83. The number of hydrogen-bond acceptors (Lipinski definition) is 5. The molecular formula is C20H21N5O4. The van der Waals surface area contributed by atoms with Crippen LogP contribution in [0.4, 0.5) is 5.69 Å². The molecule has 9 nitrogen and oxygen atoms in total. The van der Waals surface area contributed by atoms with Crippen LogP contribution in [0.25, 0.3) is 5.69 Å². The normalized spacial score (nSPS) is 10.6. The van der Waals surface area contributed by atoms with Crippen molar-refractivity contribution in [3.05, 3.63) is 69.9 Å². The molecule has 3 aromatic rings. The number of aromatic nitrogens is 3. The minimum absolute atomic E-state index is 0.0422. The molecule has 0 radical (unpaired) electrons. The number of phenolic OH excluding ortho intramolecular Hbond substituents is 1. The summed E-state index contributed by atoms with van der Waals surface area (Å²) in [5.41, 5.74) is 0.999. The maximum atomic E-state index is 12.7. The highest BCUT2D eigenvalue weighted by molar-refractivity contribution is 6.05. The first-order valence-corrected chi connectivity index (χ1v) is 8.79. The average molecular weight is 395 g/mol. The van der Waals surface area contributed by atoms with Gasteiger partial charge in [-0.2, -0.15) is 4.68 Å². The third kappa shape index (κ3) is 3.62. The number of nitrogens with one attached hydrogen (secondary N) is 1. The molecule has 29 heavy (non-hydrogen) atoms. The van der Waals surface area contributed by atoms with Crippen molar-refractivity contribution in [1.82, 2.24) is 19.2 Å². The molecule has 150 valence electrons. The molecule has 0 saturated heterocycles. The first kappa shape index (κ1) is 19.9. The number of rotatable bonds is 4. The highest BCUT2D eigenvalue weighted by atomic mass is 16.3. The van der Waals surface area contributed by atoms with E-state index in [4.69, 9.17) is 0 Å². The Morgan fingerprint density at radius 3 is 2.45 bits per heavy atom. The van der Waals surface area contributed by atoms with E-state index >= 15 is 0 Å². The summed E-state index contributed by atoms with van der Waals surface area (Å²) >= 11 is 0.